The lowest BCUT2D eigenvalue weighted by Gasteiger charge is -2.36. The molecule has 1 atom stereocenters. The van der Waals surface area contributed by atoms with Crippen molar-refractivity contribution in [3.63, 3.8) is 0 Å². The molecule has 8 aromatic rings. The Morgan fingerprint density at radius 1 is 0.571 bits per heavy atom. The molecule has 3 aliphatic carbocycles. The second-order valence-corrected chi connectivity index (χ2v) is 21.1. The topological polar surface area (TPSA) is 27.0 Å². The van der Waals surface area contributed by atoms with Gasteiger partial charge in [0, 0.05) is 88.2 Å². The Morgan fingerprint density at radius 2 is 1.14 bits per heavy atom. The van der Waals surface area contributed by atoms with Crippen LogP contribution in [0.5, 0.6) is 0 Å². The van der Waals surface area contributed by atoms with Crippen LogP contribution in [-0.4, -0.2) is 17.8 Å². The minimum absolute atomic E-state index is 0.175. The second kappa shape index (κ2) is 31.7. The van der Waals surface area contributed by atoms with Crippen LogP contribution in [0.3, 0.4) is 0 Å². The summed E-state index contributed by atoms with van der Waals surface area (Å²) >= 11 is 0. The smallest absolute Gasteiger partial charge is 0.0537 e. The van der Waals surface area contributed by atoms with E-state index < -0.39 is 0 Å². The fraction of sp³-hybridized carbons (Fsp3) is 0.253. The van der Waals surface area contributed by atoms with Crippen molar-refractivity contribution in [2.24, 2.45) is 10.9 Å². The molecule has 84 heavy (non-hydrogen) atoms. The molecule has 0 bridgehead atoms. The van der Waals surface area contributed by atoms with Gasteiger partial charge in [0.1, 0.15) is 0 Å². The summed E-state index contributed by atoms with van der Waals surface area (Å²) in [6.07, 6.45) is 28.3. The number of aromatic nitrogens is 1. The number of fused-ring (bicyclic) bond motifs is 3. The predicted molar refractivity (Wildman–Crippen MR) is 370 cm³/mol. The van der Waals surface area contributed by atoms with E-state index in [1.807, 2.05) is 59.7 Å². The molecule has 0 radical (unpaired) electrons. The van der Waals surface area contributed by atoms with E-state index in [1.165, 1.54) is 72.5 Å². The molecule has 432 valence electrons. The highest BCUT2D eigenvalue weighted by Gasteiger charge is 2.27. The van der Waals surface area contributed by atoms with Crippen LogP contribution in [0.4, 0.5) is 28.4 Å². The predicted octanol–water partition coefficient (Wildman–Crippen LogP) is 22.5. The normalized spacial score (nSPS) is 14.2. The third-order valence-electron chi connectivity index (χ3n) is 15.1. The Hall–Kier alpha value is -8.67. The number of nitrogens with zero attached hydrogens (tertiary/aromatic N) is 5. The number of para-hydroxylation sites is 2. The van der Waals surface area contributed by atoms with Gasteiger partial charge in [-0.05, 0) is 180 Å². The van der Waals surface area contributed by atoms with Crippen molar-refractivity contribution in [2.75, 3.05) is 21.7 Å². The zero-order valence-corrected chi connectivity index (χ0v) is 52.6. The van der Waals surface area contributed by atoms with Crippen LogP contribution in [0, 0.1) is 33.6 Å². The molecule has 0 amide bonds. The molecular weight excluding hydrogens is 1020 g/mol. The van der Waals surface area contributed by atoms with Gasteiger partial charge in [-0.25, -0.2) is 0 Å². The summed E-state index contributed by atoms with van der Waals surface area (Å²) in [6, 6.07) is 63.7. The number of allylic oxidation sites excluding steroid dienone is 10. The number of rotatable bonds is 14. The van der Waals surface area contributed by atoms with Gasteiger partial charge in [-0.2, -0.15) is 0 Å². The van der Waals surface area contributed by atoms with Crippen LogP contribution in [0.1, 0.15) is 127 Å². The van der Waals surface area contributed by atoms with E-state index in [-0.39, 0.29) is 5.92 Å². The van der Waals surface area contributed by atoms with Gasteiger partial charge in [-0.15, -0.1) is 0 Å². The van der Waals surface area contributed by atoms with Crippen LogP contribution in [0.25, 0.3) is 28.2 Å². The molecular formula is C79H91N5. The third-order valence-corrected chi connectivity index (χ3v) is 15.1. The van der Waals surface area contributed by atoms with Gasteiger partial charge in [0.25, 0.3) is 0 Å². The van der Waals surface area contributed by atoms with Crippen molar-refractivity contribution in [1.82, 2.24) is 4.57 Å². The average molecular weight is 1110 g/mol. The van der Waals surface area contributed by atoms with Gasteiger partial charge >= 0.3 is 0 Å². The first-order valence-corrected chi connectivity index (χ1v) is 30.8. The molecule has 0 spiro atoms. The summed E-state index contributed by atoms with van der Waals surface area (Å²) in [5.41, 5.74) is 23.1. The van der Waals surface area contributed by atoms with Crippen molar-refractivity contribution in [3.8, 4) is 5.69 Å². The number of benzene rings is 7. The summed E-state index contributed by atoms with van der Waals surface area (Å²) in [5.74, 6) is 0.175. The minimum Gasteiger partial charge on any atom is -0.345 e. The molecule has 0 fully saturated rings. The van der Waals surface area contributed by atoms with Crippen molar-refractivity contribution < 1.29 is 0 Å². The average Bonchev–Trinajstić information content (AvgIpc) is 2.51. The first kappa shape index (κ1) is 62.9. The summed E-state index contributed by atoms with van der Waals surface area (Å²) in [6.45, 7) is 25.0. The van der Waals surface area contributed by atoms with Crippen LogP contribution in [-0.2, 0) is 6.42 Å². The molecule has 1 heterocycles. The van der Waals surface area contributed by atoms with Gasteiger partial charge in [0.15, 0.2) is 0 Å². The fourth-order valence-corrected chi connectivity index (χ4v) is 10.8. The van der Waals surface area contributed by atoms with Crippen molar-refractivity contribution in [2.45, 2.75) is 122 Å². The van der Waals surface area contributed by atoms with E-state index in [9.17, 15) is 0 Å². The van der Waals surface area contributed by atoms with Crippen LogP contribution < -0.4 is 14.7 Å². The Kier molecular flexibility index (Phi) is 23.7. The van der Waals surface area contributed by atoms with Crippen LogP contribution >= 0.6 is 0 Å². The van der Waals surface area contributed by atoms with Crippen LogP contribution in [0.15, 0.2) is 252 Å². The maximum absolute atomic E-state index is 5.19. The molecule has 7 aromatic carbocycles. The Morgan fingerprint density at radius 3 is 1.74 bits per heavy atom. The minimum atomic E-state index is 0.175. The first-order valence-electron chi connectivity index (χ1n) is 30.8. The number of aliphatic imine (C=N–C) groups is 1. The standard InChI is InChI=1S/C66H65N5.C7H8.3C2H6/c1-7-52(53-42-59(68(6)54-17-9-8-10-18-54)44-62(43-53)71-65-22-13-11-20-63(65)64-21-12-14-23-66(64)71)46-67-39-38-51-40-60(69(56-32-25-48(3)26-33-56)55-19-15-16-47(2)24-31-55)45-61(41-51)70(57-34-27-49(4)28-35-57)58-36-29-50(5)30-37-58;1-7-5-3-2-4-6-7;3*1-2/h8-11,13-18,20,22-37,39-40,42-46,51H,7,12,19,21,38,41H2,1-6H3;2-6H,1H3;3*1-2H3/b52-46+,67-39?;;;;. The molecule has 0 N–H and O–H groups in total. The highest BCUT2D eigenvalue weighted by molar-refractivity contribution is 5.91. The number of hydrogen-bond acceptors (Lipinski definition) is 4. The molecule has 0 saturated heterocycles. The van der Waals surface area contributed by atoms with E-state index in [0.29, 0.717) is 0 Å². The maximum Gasteiger partial charge on any atom is 0.0537 e. The molecule has 0 saturated carbocycles. The number of aryl methyl sites for hydroxylation is 5. The molecule has 11 rings (SSSR count). The van der Waals surface area contributed by atoms with Gasteiger partial charge < -0.3 is 19.3 Å². The van der Waals surface area contributed by atoms with Crippen molar-refractivity contribution >= 4 is 57.2 Å². The van der Waals surface area contributed by atoms with Gasteiger partial charge in [0.2, 0.25) is 0 Å². The lowest BCUT2D eigenvalue weighted by atomic mass is 9.91. The quantitative estimate of drug-likeness (QED) is 0.102. The fourth-order valence-electron chi connectivity index (χ4n) is 10.8. The van der Waals surface area contributed by atoms with E-state index in [2.05, 4.69) is 287 Å². The van der Waals surface area contributed by atoms with E-state index in [1.54, 1.807) is 0 Å². The SMILES string of the molecule is CC.CC.CC.CC/C(=C\N=CCC1C=C(N(C2=CC=C(C)C=CC2)c2ccc(C)cc2)C=C(N(c2ccc(C)cc2)c2ccc(C)cc2)C1)c1cc(N(C)c2ccccc2)cc(-n2c3c(c4ccccc42)CCC=C3)c1.Cc1ccccc1. The molecule has 5 nitrogen and oxygen atoms in total. The summed E-state index contributed by atoms with van der Waals surface area (Å²) in [4.78, 5) is 12.4. The lowest BCUT2D eigenvalue weighted by molar-refractivity contribution is 0.650. The van der Waals surface area contributed by atoms with Gasteiger partial charge in [0.05, 0.1) is 5.52 Å². The highest BCUT2D eigenvalue weighted by atomic mass is 15.2. The van der Waals surface area contributed by atoms with E-state index in [4.69, 9.17) is 4.99 Å². The monoisotopic (exact) mass is 1110 g/mol. The number of anilines is 5. The van der Waals surface area contributed by atoms with Crippen LogP contribution in [0.2, 0.25) is 0 Å². The summed E-state index contributed by atoms with van der Waals surface area (Å²) < 4.78 is 2.47. The third kappa shape index (κ3) is 15.9. The number of hydrogen-bond donors (Lipinski definition) is 0. The molecule has 0 aliphatic heterocycles. The molecule has 3 aliphatic rings. The van der Waals surface area contributed by atoms with Gasteiger partial charge in [-0.3, -0.25) is 4.99 Å². The van der Waals surface area contributed by atoms with Gasteiger partial charge in [-0.1, -0.05) is 210 Å². The zero-order chi connectivity index (χ0) is 60.0. The Labute approximate surface area is 505 Å². The summed E-state index contributed by atoms with van der Waals surface area (Å²) in [5, 5.41) is 1.33. The second-order valence-electron chi connectivity index (χ2n) is 21.1. The van der Waals surface area contributed by atoms with Crippen molar-refractivity contribution in [3.05, 3.63) is 286 Å². The lowest BCUT2D eigenvalue weighted by Crippen LogP contribution is -2.27. The van der Waals surface area contributed by atoms with Crippen molar-refractivity contribution in [1.29, 1.82) is 0 Å². The largest absolute Gasteiger partial charge is 0.345 e. The maximum atomic E-state index is 5.19. The first-order chi connectivity index (χ1) is 41.1. The zero-order valence-electron chi connectivity index (χ0n) is 52.6. The van der Waals surface area contributed by atoms with E-state index >= 15 is 0 Å². The molecule has 1 aromatic heterocycles. The Balaban J connectivity index is 0.000000707. The Bertz CT molecular complexity index is 3570. The molecule has 1 unspecified atom stereocenters. The highest BCUT2D eigenvalue weighted by Crippen LogP contribution is 2.41. The molecule has 5 heteroatoms. The van der Waals surface area contributed by atoms with E-state index in [0.717, 1.165) is 78.3 Å². The summed E-state index contributed by atoms with van der Waals surface area (Å²) in [7, 11) is 2.17.